The summed E-state index contributed by atoms with van der Waals surface area (Å²) in [6.07, 6.45) is 9.49. The van der Waals surface area contributed by atoms with Gasteiger partial charge in [0, 0.05) is 12.2 Å². The van der Waals surface area contributed by atoms with Crippen molar-refractivity contribution in [3.63, 3.8) is 0 Å². The average Bonchev–Trinajstić information content (AvgIpc) is 2.56. The Bertz CT molecular complexity index is 628. The molecule has 1 aromatic carbocycles. The number of benzene rings is 1. The highest BCUT2D eigenvalue weighted by atomic mass is 32.2. The normalized spacial score (nSPS) is 13.4. The zero-order valence-corrected chi connectivity index (χ0v) is 17.1. The van der Waals surface area contributed by atoms with Gasteiger partial charge in [-0.25, -0.2) is 12.8 Å². The highest BCUT2D eigenvalue weighted by Crippen LogP contribution is 2.12. The Morgan fingerprint density at radius 3 is 2.42 bits per heavy atom. The van der Waals surface area contributed by atoms with Crippen LogP contribution in [0.15, 0.2) is 30.3 Å². The molecule has 148 valence electrons. The number of alkyl halides is 1. The minimum atomic E-state index is -3.23. The van der Waals surface area contributed by atoms with Crippen LogP contribution in [0.5, 0.6) is 0 Å². The van der Waals surface area contributed by atoms with Crippen molar-refractivity contribution in [3.05, 3.63) is 35.9 Å². The second-order valence-corrected chi connectivity index (χ2v) is 8.50. The quantitative estimate of drug-likeness (QED) is 0.502. The molecule has 0 spiro atoms. The third-order valence-corrected chi connectivity index (χ3v) is 4.77. The molecule has 0 aliphatic carbocycles. The van der Waals surface area contributed by atoms with E-state index in [0.717, 1.165) is 57.1 Å². The second-order valence-electron chi connectivity index (χ2n) is 6.75. The molecule has 0 radical (unpaired) electrons. The standard InChI is InChI=1S/C20H33FN2O2S/c1-4-23(16-8-5-6-10-18(2)21)17-9-7-11-19-12-14-20(15-13-19)22-26(3,24)25/h7,11-15,18,22H,4-6,8-10,16-17H2,1-3H3/b11-7+. The highest BCUT2D eigenvalue weighted by molar-refractivity contribution is 7.92. The lowest BCUT2D eigenvalue weighted by molar-refractivity contribution is 0.280. The van der Waals surface area contributed by atoms with Gasteiger partial charge in [-0.3, -0.25) is 4.72 Å². The van der Waals surface area contributed by atoms with E-state index < -0.39 is 16.2 Å². The van der Waals surface area contributed by atoms with Crippen LogP contribution in [0, 0.1) is 0 Å². The third-order valence-electron chi connectivity index (χ3n) is 4.16. The van der Waals surface area contributed by atoms with Crippen molar-refractivity contribution in [3.8, 4) is 0 Å². The zero-order chi connectivity index (χ0) is 19.4. The summed E-state index contributed by atoms with van der Waals surface area (Å²) in [5, 5.41) is 0. The number of nitrogens with zero attached hydrogens (tertiary/aromatic N) is 1. The largest absolute Gasteiger partial charge is 0.303 e. The predicted octanol–water partition coefficient (Wildman–Crippen LogP) is 4.70. The van der Waals surface area contributed by atoms with Crippen LogP contribution >= 0.6 is 0 Å². The molecule has 0 aliphatic rings. The Morgan fingerprint density at radius 2 is 1.85 bits per heavy atom. The first-order valence-corrected chi connectivity index (χ1v) is 11.3. The maximum Gasteiger partial charge on any atom is 0.229 e. The summed E-state index contributed by atoms with van der Waals surface area (Å²) in [5.41, 5.74) is 1.62. The maximum atomic E-state index is 12.7. The number of hydrogen-bond donors (Lipinski definition) is 1. The molecule has 6 heteroatoms. The zero-order valence-electron chi connectivity index (χ0n) is 16.2. The van der Waals surface area contributed by atoms with Crippen LogP contribution in [0.25, 0.3) is 6.08 Å². The molecule has 1 rings (SSSR count). The molecular formula is C20H33FN2O2S. The van der Waals surface area contributed by atoms with Gasteiger partial charge in [0.05, 0.1) is 12.4 Å². The van der Waals surface area contributed by atoms with Crippen molar-refractivity contribution in [2.75, 3.05) is 30.6 Å². The summed E-state index contributed by atoms with van der Waals surface area (Å²) in [6, 6.07) is 7.32. The van der Waals surface area contributed by atoms with E-state index in [0.29, 0.717) is 12.1 Å². The Hall–Kier alpha value is -1.40. The fourth-order valence-electron chi connectivity index (χ4n) is 2.72. The van der Waals surface area contributed by atoms with E-state index in [1.54, 1.807) is 19.1 Å². The van der Waals surface area contributed by atoms with Crippen LogP contribution in [0.3, 0.4) is 0 Å². The molecule has 0 amide bonds. The topological polar surface area (TPSA) is 49.4 Å². The lowest BCUT2D eigenvalue weighted by Crippen LogP contribution is -2.25. The Balaban J connectivity index is 2.29. The van der Waals surface area contributed by atoms with Crippen molar-refractivity contribution in [1.82, 2.24) is 4.90 Å². The van der Waals surface area contributed by atoms with Crippen LogP contribution < -0.4 is 4.72 Å². The molecule has 0 fully saturated rings. The molecule has 1 atom stereocenters. The number of rotatable bonds is 13. The molecule has 0 saturated heterocycles. The van der Waals surface area contributed by atoms with Gasteiger partial charge in [-0.1, -0.05) is 44.1 Å². The van der Waals surface area contributed by atoms with Gasteiger partial charge in [0.1, 0.15) is 0 Å². The van der Waals surface area contributed by atoms with Crippen molar-refractivity contribution < 1.29 is 12.8 Å². The van der Waals surface area contributed by atoms with Gasteiger partial charge in [0.15, 0.2) is 0 Å². The fourth-order valence-corrected chi connectivity index (χ4v) is 3.28. The molecule has 4 nitrogen and oxygen atoms in total. The van der Waals surface area contributed by atoms with Crippen molar-refractivity contribution >= 4 is 21.8 Å². The molecule has 26 heavy (non-hydrogen) atoms. The van der Waals surface area contributed by atoms with E-state index in [2.05, 4.69) is 28.7 Å². The minimum absolute atomic E-state index is 0.573. The third kappa shape index (κ3) is 11.3. The van der Waals surface area contributed by atoms with Crippen LogP contribution in [-0.4, -0.2) is 45.4 Å². The first kappa shape index (κ1) is 22.6. The predicted molar refractivity (Wildman–Crippen MR) is 110 cm³/mol. The van der Waals surface area contributed by atoms with Crippen LogP contribution in [0.2, 0.25) is 0 Å². The van der Waals surface area contributed by atoms with E-state index >= 15 is 0 Å². The molecule has 0 saturated carbocycles. The molecular weight excluding hydrogens is 351 g/mol. The molecule has 0 heterocycles. The fraction of sp³-hybridized carbons (Fsp3) is 0.600. The summed E-state index contributed by atoms with van der Waals surface area (Å²) in [5.74, 6) is 0. The van der Waals surface area contributed by atoms with Crippen molar-refractivity contribution in [2.24, 2.45) is 0 Å². The molecule has 1 N–H and O–H groups in total. The van der Waals surface area contributed by atoms with E-state index in [1.807, 2.05) is 12.1 Å². The minimum Gasteiger partial charge on any atom is -0.303 e. The highest BCUT2D eigenvalue weighted by Gasteiger charge is 2.03. The van der Waals surface area contributed by atoms with E-state index in [-0.39, 0.29) is 0 Å². The van der Waals surface area contributed by atoms with Crippen LogP contribution in [-0.2, 0) is 10.0 Å². The van der Waals surface area contributed by atoms with Gasteiger partial charge in [-0.05, 0) is 57.0 Å². The maximum absolute atomic E-state index is 12.7. The van der Waals surface area contributed by atoms with Gasteiger partial charge in [-0.15, -0.1) is 0 Å². The van der Waals surface area contributed by atoms with E-state index in [4.69, 9.17) is 0 Å². The number of nitrogens with one attached hydrogen (secondary N) is 1. The first-order valence-electron chi connectivity index (χ1n) is 9.41. The number of halogens is 1. The Morgan fingerprint density at radius 1 is 1.15 bits per heavy atom. The number of anilines is 1. The molecule has 1 aromatic rings. The molecule has 0 aliphatic heterocycles. The average molecular weight is 385 g/mol. The van der Waals surface area contributed by atoms with Gasteiger partial charge in [-0.2, -0.15) is 0 Å². The van der Waals surface area contributed by atoms with Crippen molar-refractivity contribution in [1.29, 1.82) is 0 Å². The lowest BCUT2D eigenvalue weighted by atomic mass is 10.1. The summed E-state index contributed by atoms with van der Waals surface area (Å²) < 4.78 is 37.6. The monoisotopic (exact) mass is 384 g/mol. The smallest absolute Gasteiger partial charge is 0.229 e. The van der Waals surface area contributed by atoms with E-state index in [1.165, 1.54) is 0 Å². The summed E-state index contributed by atoms with van der Waals surface area (Å²) in [4.78, 5) is 2.42. The van der Waals surface area contributed by atoms with Crippen LogP contribution in [0.4, 0.5) is 10.1 Å². The number of sulfonamides is 1. The number of unbranched alkanes of at least 4 members (excludes halogenated alkanes) is 2. The SMILES string of the molecule is CCN(CC/C=C/c1ccc(NS(C)(=O)=O)cc1)CCCCCC(C)F. The molecule has 0 aromatic heterocycles. The van der Waals surface area contributed by atoms with E-state index in [9.17, 15) is 12.8 Å². The second kappa shape index (κ2) is 12.1. The first-order chi connectivity index (χ1) is 12.3. The summed E-state index contributed by atoms with van der Waals surface area (Å²) >= 11 is 0. The molecule has 0 bridgehead atoms. The molecule has 1 unspecified atom stereocenters. The lowest BCUT2D eigenvalue weighted by Gasteiger charge is -2.19. The van der Waals surface area contributed by atoms with Gasteiger partial charge in [0.25, 0.3) is 0 Å². The van der Waals surface area contributed by atoms with Crippen molar-refractivity contribution in [2.45, 2.75) is 52.1 Å². The van der Waals surface area contributed by atoms with Gasteiger partial charge in [0.2, 0.25) is 10.0 Å². The number of hydrogen-bond acceptors (Lipinski definition) is 3. The Labute approximate surface area is 158 Å². The van der Waals surface area contributed by atoms with Crippen LogP contribution in [0.1, 0.15) is 51.5 Å². The Kier molecular flexibility index (Phi) is 10.5. The van der Waals surface area contributed by atoms with Gasteiger partial charge < -0.3 is 4.90 Å². The summed E-state index contributed by atoms with van der Waals surface area (Å²) in [6.45, 7) is 6.90. The summed E-state index contributed by atoms with van der Waals surface area (Å²) in [7, 11) is -3.23. The van der Waals surface area contributed by atoms with Gasteiger partial charge >= 0.3 is 0 Å².